The zero-order chi connectivity index (χ0) is 15.5. The molecule has 3 aromatic rings. The number of hydrogen-bond acceptors (Lipinski definition) is 3. The summed E-state index contributed by atoms with van der Waals surface area (Å²) in [6.07, 6.45) is 1.59. The smallest absolute Gasteiger partial charge is 0.324 e. The molecule has 0 aliphatic heterocycles. The van der Waals surface area contributed by atoms with Crippen LogP contribution in [0, 0.1) is 0 Å². The molecule has 0 unspecified atom stereocenters. The molecule has 0 saturated heterocycles. The van der Waals surface area contributed by atoms with Crippen molar-refractivity contribution in [3.8, 4) is 5.75 Å². The maximum atomic E-state index is 12.1. The molecule has 0 radical (unpaired) electrons. The lowest BCUT2D eigenvalue weighted by Crippen LogP contribution is -2.32. The molecule has 22 heavy (non-hydrogen) atoms. The Kier molecular flexibility index (Phi) is 3.62. The van der Waals surface area contributed by atoms with Gasteiger partial charge in [0.1, 0.15) is 5.69 Å². The van der Waals surface area contributed by atoms with Crippen molar-refractivity contribution in [2.45, 2.75) is 0 Å². The van der Waals surface area contributed by atoms with Crippen molar-refractivity contribution in [2.75, 3.05) is 12.0 Å². The van der Waals surface area contributed by atoms with Crippen molar-refractivity contribution in [2.24, 2.45) is 5.73 Å². The summed E-state index contributed by atoms with van der Waals surface area (Å²) in [7, 11) is 1.54. The minimum atomic E-state index is -0.583. The van der Waals surface area contributed by atoms with E-state index in [1.54, 1.807) is 13.3 Å². The first-order valence-electron chi connectivity index (χ1n) is 6.78. The van der Waals surface area contributed by atoms with Gasteiger partial charge < -0.3 is 10.5 Å². The number of amides is 2. The number of rotatable bonds is 3. The van der Waals surface area contributed by atoms with Crippen LogP contribution in [0.1, 0.15) is 0 Å². The predicted molar refractivity (Wildman–Crippen MR) is 86.5 cm³/mol. The van der Waals surface area contributed by atoms with E-state index in [2.05, 4.69) is 4.98 Å². The second-order valence-corrected chi connectivity index (χ2v) is 4.70. The highest BCUT2D eigenvalue weighted by Gasteiger charge is 2.22. The van der Waals surface area contributed by atoms with E-state index in [9.17, 15) is 4.79 Å². The number of ether oxygens (including phenoxy) is 1. The van der Waals surface area contributed by atoms with Crippen LogP contribution < -0.4 is 15.4 Å². The highest BCUT2D eigenvalue weighted by molar-refractivity contribution is 6.08. The Morgan fingerprint density at radius 1 is 1.09 bits per heavy atom. The van der Waals surface area contributed by atoms with E-state index in [4.69, 9.17) is 10.5 Å². The zero-order valence-corrected chi connectivity index (χ0v) is 12.1. The first kappa shape index (κ1) is 13.9. The van der Waals surface area contributed by atoms with E-state index in [-0.39, 0.29) is 0 Å². The van der Waals surface area contributed by atoms with Gasteiger partial charge in [-0.2, -0.15) is 0 Å². The number of benzene rings is 2. The minimum Gasteiger partial charge on any atom is -0.493 e. The molecule has 3 rings (SSSR count). The third-order valence-electron chi connectivity index (χ3n) is 3.39. The Bertz CT molecular complexity index is 819. The lowest BCUT2D eigenvalue weighted by Gasteiger charge is -2.24. The van der Waals surface area contributed by atoms with Crippen molar-refractivity contribution in [3.05, 3.63) is 60.8 Å². The van der Waals surface area contributed by atoms with Crippen molar-refractivity contribution in [1.29, 1.82) is 0 Å². The monoisotopic (exact) mass is 293 g/mol. The van der Waals surface area contributed by atoms with E-state index in [0.717, 1.165) is 10.9 Å². The number of primary amides is 1. The normalized spacial score (nSPS) is 10.4. The fourth-order valence-electron chi connectivity index (χ4n) is 2.43. The Morgan fingerprint density at radius 2 is 1.77 bits per heavy atom. The molecule has 0 aliphatic rings. The van der Waals surface area contributed by atoms with E-state index in [0.29, 0.717) is 17.1 Å². The average Bonchev–Trinajstić information content (AvgIpc) is 2.56. The van der Waals surface area contributed by atoms with Gasteiger partial charge in [-0.15, -0.1) is 0 Å². The summed E-state index contributed by atoms with van der Waals surface area (Å²) >= 11 is 0. The number of nitrogens with two attached hydrogens (primary N) is 1. The number of pyridine rings is 1. The third-order valence-corrected chi connectivity index (χ3v) is 3.39. The summed E-state index contributed by atoms with van der Waals surface area (Å²) in [5, 5.41) is 0.796. The molecule has 110 valence electrons. The summed E-state index contributed by atoms with van der Waals surface area (Å²) < 4.78 is 5.39. The number of para-hydroxylation sites is 2. The largest absolute Gasteiger partial charge is 0.493 e. The summed E-state index contributed by atoms with van der Waals surface area (Å²) in [6, 6.07) is 16.2. The highest BCUT2D eigenvalue weighted by atomic mass is 16.5. The molecule has 0 fully saturated rings. The molecule has 2 amide bonds. The van der Waals surface area contributed by atoms with Crippen LogP contribution in [0.15, 0.2) is 60.8 Å². The first-order chi connectivity index (χ1) is 10.7. The first-order valence-corrected chi connectivity index (χ1v) is 6.78. The number of urea groups is 1. The quantitative estimate of drug-likeness (QED) is 0.804. The number of fused-ring (bicyclic) bond motifs is 1. The molecule has 1 aromatic heterocycles. The van der Waals surface area contributed by atoms with Crippen LogP contribution in [0.3, 0.4) is 0 Å². The van der Waals surface area contributed by atoms with E-state index in [1.165, 1.54) is 4.90 Å². The van der Waals surface area contributed by atoms with Crippen LogP contribution in [-0.4, -0.2) is 18.1 Å². The summed E-state index contributed by atoms with van der Waals surface area (Å²) in [5.74, 6) is 0.487. The summed E-state index contributed by atoms with van der Waals surface area (Å²) in [4.78, 5) is 17.9. The lowest BCUT2D eigenvalue weighted by molar-refractivity contribution is 0.256. The van der Waals surface area contributed by atoms with Crippen LogP contribution >= 0.6 is 0 Å². The number of nitrogens with zero attached hydrogens (tertiary/aromatic N) is 2. The van der Waals surface area contributed by atoms with Gasteiger partial charge in [-0.1, -0.05) is 36.4 Å². The molecule has 0 atom stereocenters. The SMILES string of the molecule is COc1cnc2ccccc2c1N(C(N)=O)c1ccccc1. The van der Waals surface area contributed by atoms with Gasteiger partial charge in [0.25, 0.3) is 0 Å². The van der Waals surface area contributed by atoms with E-state index in [1.807, 2.05) is 54.6 Å². The van der Waals surface area contributed by atoms with Crippen molar-refractivity contribution in [1.82, 2.24) is 4.98 Å². The molecule has 5 nitrogen and oxygen atoms in total. The van der Waals surface area contributed by atoms with Gasteiger partial charge in [0.15, 0.2) is 5.75 Å². The van der Waals surface area contributed by atoms with E-state index < -0.39 is 6.03 Å². The summed E-state index contributed by atoms with van der Waals surface area (Å²) in [5.41, 5.74) is 7.65. The number of carbonyl (C=O) groups is 1. The van der Waals surface area contributed by atoms with Gasteiger partial charge in [0, 0.05) is 5.39 Å². The minimum absolute atomic E-state index is 0.487. The standard InChI is InChI=1S/C17H15N3O2/c1-22-15-11-19-14-10-6-5-9-13(14)16(15)20(17(18)21)12-7-3-2-4-8-12/h2-11H,1H3,(H2,18,21). The molecule has 0 saturated carbocycles. The van der Waals surface area contributed by atoms with Crippen molar-refractivity contribution < 1.29 is 9.53 Å². The van der Waals surface area contributed by atoms with Crippen LogP contribution in [-0.2, 0) is 0 Å². The average molecular weight is 293 g/mol. The third kappa shape index (κ3) is 2.33. The van der Waals surface area contributed by atoms with Gasteiger partial charge in [-0.05, 0) is 18.2 Å². The van der Waals surface area contributed by atoms with Crippen molar-refractivity contribution >= 4 is 28.3 Å². The topological polar surface area (TPSA) is 68.4 Å². The molecular weight excluding hydrogens is 278 g/mol. The van der Waals surface area contributed by atoms with Gasteiger partial charge in [0.05, 0.1) is 24.5 Å². The Hall–Kier alpha value is -3.08. The second kappa shape index (κ2) is 5.73. The number of methoxy groups -OCH3 is 1. The van der Waals surface area contributed by atoms with Crippen molar-refractivity contribution in [3.63, 3.8) is 0 Å². The van der Waals surface area contributed by atoms with Gasteiger partial charge in [0.2, 0.25) is 0 Å². The number of anilines is 2. The molecule has 5 heteroatoms. The molecule has 0 aliphatic carbocycles. The van der Waals surface area contributed by atoms with Gasteiger partial charge in [-0.25, -0.2) is 4.79 Å². The molecule has 0 bridgehead atoms. The van der Waals surface area contributed by atoms with Crippen LogP contribution in [0.25, 0.3) is 10.9 Å². The number of aromatic nitrogens is 1. The Balaban J connectivity index is 2.32. The number of hydrogen-bond donors (Lipinski definition) is 1. The fourth-order valence-corrected chi connectivity index (χ4v) is 2.43. The Labute approximate surface area is 127 Å². The maximum Gasteiger partial charge on any atom is 0.324 e. The Morgan fingerprint density at radius 3 is 2.45 bits per heavy atom. The fraction of sp³-hybridized carbons (Fsp3) is 0.0588. The maximum absolute atomic E-state index is 12.1. The molecule has 2 aromatic carbocycles. The van der Waals surface area contributed by atoms with Crippen LogP contribution in [0.2, 0.25) is 0 Å². The summed E-state index contributed by atoms with van der Waals surface area (Å²) in [6.45, 7) is 0. The molecular formula is C17H15N3O2. The molecule has 2 N–H and O–H groups in total. The predicted octanol–water partition coefficient (Wildman–Crippen LogP) is 3.46. The van der Waals surface area contributed by atoms with E-state index >= 15 is 0 Å². The molecule has 0 spiro atoms. The van der Waals surface area contributed by atoms with Crippen LogP contribution in [0.5, 0.6) is 5.75 Å². The van der Waals surface area contributed by atoms with Gasteiger partial charge >= 0.3 is 6.03 Å². The lowest BCUT2D eigenvalue weighted by atomic mass is 10.1. The second-order valence-electron chi connectivity index (χ2n) is 4.70. The van der Waals surface area contributed by atoms with Gasteiger partial charge in [-0.3, -0.25) is 9.88 Å². The highest BCUT2D eigenvalue weighted by Crippen LogP contribution is 2.38. The molecule has 1 heterocycles. The zero-order valence-electron chi connectivity index (χ0n) is 12.1. The number of carbonyl (C=O) groups excluding carboxylic acids is 1. The van der Waals surface area contributed by atoms with Crippen LogP contribution in [0.4, 0.5) is 16.2 Å².